The number of nitrogens with one attached hydrogen (secondary N) is 1. The van der Waals surface area contributed by atoms with E-state index >= 15 is 0 Å². The Morgan fingerprint density at radius 3 is 2.48 bits per heavy atom. The highest BCUT2D eigenvalue weighted by Gasteiger charge is 2.49. The first-order valence-electron chi connectivity index (χ1n) is 10.3. The van der Waals surface area contributed by atoms with Crippen LogP contribution in [0.25, 0.3) is 0 Å². The molecule has 178 valence electrons. The summed E-state index contributed by atoms with van der Waals surface area (Å²) < 4.78 is 41.6. The van der Waals surface area contributed by atoms with Gasteiger partial charge in [-0.15, -0.1) is 0 Å². The number of ether oxygens (including phenoxy) is 3. The van der Waals surface area contributed by atoms with Crippen LogP contribution >= 0.6 is 7.60 Å². The van der Waals surface area contributed by atoms with Crippen molar-refractivity contribution in [3.05, 3.63) is 32.6 Å². The Kier molecular flexibility index (Phi) is 9.63. The summed E-state index contributed by atoms with van der Waals surface area (Å²) in [4.78, 5) is 26.4. The molecule has 0 unspecified atom stereocenters. The molecule has 31 heavy (non-hydrogen) atoms. The smallest absolute Gasteiger partial charge is 0.331 e. The first kappa shape index (κ1) is 25.9. The van der Waals surface area contributed by atoms with E-state index in [1.54, 1.807) is 27.7 Å². The Labute approximate surface area is 181 Å². The van der Waals surface area contributed by atoms with Gasteiger partial charge in [0.15, 0.2) is 6.23 Å². The number of nitrogens with zero attached hydrogens (tertiary/aromatic N) is 1. The van der Waals surface area contributed by atoms with Gasteiger partial charge < -0.3 is 28.4 Å². The van der Waals surface area contributed by atoms with Gasteiger partial charge in [-0.3, -0.25) is 18.9 Å². The zero-order valence-corrected chi connectivity index (χ0v) is 19.5. The van der Waals surface area contributed by atoms with Gasteiger partial charge in [-0.25, -0.2) is 4.79 Å². The van der Waals surface area contributed by atoms with E-state index in [1.807, 2.05) is 0 Å². The van der Waals surface area contributed by atoms with Crippen molar-refractivity contribution < 1.29 is 32.9 Å². The maximum Gasteiger partial charge on any atom is 0.331 e. The van der Waals surface area contributed by atoms with Crippen molar-refractivity contribution in [1.29, 1.82) is 0 Å². The Bertz CT molecular complexity index is 861. The molecule has 1 aliphatic heterocycles. The van der Waals surface area contributed by atoms with Crippen LogP contribution in [0.4, 0.5) is 0 Å². The van der Waals surface area contributed by atoms with Gasteiger partial charge in [-0.2, -0.15) is 0 Å². The summed E-state index contributed by atoms with van der Waals surface area (Å²) in [6, 6.07) is 0. The van der Waals surface area contributed by atoms with Gasteiger partial charge in [0.05, 0.1) is 38.7 Å². The molecule has 5 atom stereocenters. The molecule has 2 heterocycles. The molecule has 2 N–H and O–H groups in total. The predicted octanol–water partition coefficient (Wildman–Crippen LogP) is 1.04. The highest BCUT2D eigenvalue weighted by atomic mass is 31.2. The van der Waals surface area contributed by atoms with Crippen LogP contribution in [0.1, 0.15) is 32.6 Å². The minimum Gasteiger partial charge on any atom is -0.387 e. The molecule has 0 aliphatic carbocycles. The number of hydrogen-bond donors (Lipinski definition) is 2. The van der Waals surface area contributed by atoms with Gasteiger partial charge in [-0.1, -0.05) is 6.92 Å². The maximum absolute atomic E-state index is 12.9. The predicted molar refractivity (Wildman–Crippen MR) is 112 cm³/mol. The number of aryl methyl sites for hydroxylation is 1. The quantitative estimate of drug-likeness (QED) is 0.343. The van der Waals surface area contributed by atoms with Crippen molar-refractivity contribution in [2.24, 2.45) is 5.92 Å². The molecule has 2 rings (SSSR count). The summed E-state index contributed by atoms with van der Waals surface area (Å²) >= 11 is 0. The van der Waals surface area contributed by atoms with Crippen molar-refractivity contribution in [2.45, 2.75) is 52.2 Å². The number of methoxy groups -OCH3 is 1. The minimum absolute atomic E-state index is 0.0213. The van der Waals surface area contributed by atoms with E-state index in [2.05, 4.69) is 4.98 Å². The van der Waals surface area contributed by atoms with E-state index in [1.165, 1.54) is 17.9 Å². The Morgan fingerprint density at radius 1 is 1.26 bits per heavy atom. The van der Waals surface area contributed by atoms with Crippen molar-refractivity contribution in [2.75, 3.05) is 39.7 Å². The maximum atomic E-state index is 12.9. The van der Waals surface area contributed by atoms with Crippen molar-refractivity contribution in [1.82, 2.24) is 9.55 Å². The lowest BCUT2D eigenvalue weighted by Gasteiger charge is -2.26. The normalized spacial score (nSPS) is 25.1. The standard InChI is InChI=1S/C19H33N2O9P/c1-6-28-31(25,29-7-2)11-13(4)15-14(22)16(27-9-8-26-5)18(30-15)21-10-12(3)17(23)20-19(21)24/h10,13-16,18,22H,6-9,11H2,1-5H3,(H,20,23,24)/t13-,14-,15-,16-,18-/m1/s1. The molecular formula is C19H33N2O9P. The fourth-order valence-corrected chi connectivity index (χ4v) is 5.57. The summed E-state index contributed by atoms with van der Waals surface area (Å²) in [5, 5.41) is 11.0. The van der Waals surface area contributed by atoms with Crippen LogP contribution in [0.5, 0.6) is 0 Å². The molecule has 1 aromatic rings. The number of rotatable bonds is 12. The van der Waals surface area contributed by atoms with Gasteiger partial charge >= 0.3 is 13.3 Å². The molecule has 0 aromatic carbocycles. The summed E-state index contributed by atoms with van der Waals surface area (Å²) in [6.45, 7) is 7.63. The Morgan fingerprint density at radius 2 is 1.90 bits per heavy atom. The minimum atomic E-state index is -3.38. The molecule has 0 bridgehead atoms. The second-order valence-corrected chi connectivity index (χ2v) is 9.50. The van der Waals surface area contributed by atoms with Gasteiger partial charge in [-0.05, 0) is 26.7 Å². The molecule has 1 fully saturated rings. The lowest BCUT2D eigenvalue weighted by molar-refractivity contribution is -0.0819. The molecule has 0 radical (unpaired) electrons. The third kappa shape index (κ3) is 6.35. The third-order valence-electron chi connectivity index (χ3n) is 4.99. The topological polar surface area (TPSA) is 138 Å². The van der Waals surface area contributed by atoms with Gasteiger partial charge in [0, 0.05) is 18.9 Å². The molecule has 11 nitrogen and oxygen atoms in total. The van der Waals surface area contributed by atoms with Gasteiger partial charge in [0.25, 0.3) is 5.56 Å². The molecule has 0 amide bonds. The van der Waals surface area contributed by atoms with Crippen molar-refractivity contribution in [3.8, 4) is 0 Å². The average molecular weight is 464 g/mol. The largest absolute Gasteiger partial charge is 0.387 e. The number of hydrogen-bond acceptors (Lipinski definition) is 9. The van der Waals surface area contributed by atoms with E-state index in [0.29, 0.717) is 5.56 Å². The van der Waals surface area contributed by atoms with E-state index < -0.39 is 49.3 Å². The highest BCUT2D eigenvalue weighted by molar-refractivity contribution is 7.53. The molecule has 0 spiro atoms. The monoisotopic (exact) mass is 464 g/mol. The first-order valence-corrected chi connectivity index (χ1v) is 12.0. The van der Waals surface area contributed by atoms with Crippen LogP contribution in [-0.2, 0) is 27.8 Å². The molecule has 1 saturated heterocycles. The number of aromatic nitrogens is 2. The molecule has 1 aliphatic rings. The summed E-state index contributed by atoms with van der Waals surface area (Å²) in [5.74, 6) is -0.447. The van der Waals surface area contributed by atoms with E-state index in [4.69, 9.17) is 23.3 Å². The van der Waals surface area contributed by atoms with Crippen LogP contribution in [0.15, 0.2) is 15.8 Å². The molecular weight excluding hydrogens is 431 g/mol. The molecule has 1 aromatic heterocycles. The Balaban J connectivity index is 2.32. The molecule has 12 heteroatoms. The second kappa shape index (κ2) is 11.5. The summed E-state index contributed by atoms with van der Waals surface area (Å²) in [6.07, 6.45) is -2.47. The lowest BCUT2D eigenvalue weighted by Crippen LogP contribution is -2.41. The van der Waals surface area contributed by atoms with E-state index in [-0.39, 0.29) is 32.6 Å². The second-order valence-electron chi connectivity index (χ2n) is 7.40. The van der Waals surface area contributed by atoms with Crippen LogP contribution < -0.4 is 11.2 Å². The SMILES string of the molecule is CCOP(=O)(C[C@@H](C)[C@H]1O[C@@H](n2cc(C)c(=O)[nH]c2=O)[C@H](OCCOC)[C@@H]1O)OCC. The third-order valence-corrected chi connectivity index (χ3v) is 7.32. The van der Waals surface area contributed by atoms with Crippen molar-refractivity contribution >= 4 is 7.60 Å². The number of aromatic amines is 1. The van der Waals surface area contributed by atoms with Gasteiger partial charge in [0.1, 0.15) is 12.2 Å². The van der Waals surface area contributed by atoms with E-state index in [9.17, 15) is 19.3 Å². The fraction of sp³-hybridized carbons (Fsp3) is 0.789. The van der Waals surface area contributed by atoms with Crippen LogP contribution in [0, 0.1) is 12.8 Å². The van der Waals surface area contributed by atoms with Crippen LogP contribution in [-0.4, -0.2) is 72.7 Å². The fourth-order valence-electron chi connectivity index (χ4n) is 3.59. The van der Waals surface area contributed by atoms with E-state index in [0.717, 1.165) is 0 Å². The van der Waals surface area contributed by atoms with Crippen molar-refractivity contribution in [3.63, 3.8) is 0 Å². The van der Waals surface area contributed by atoms with Crippen LogP contribution in [0.3, 0.4) is 0 Å². The Hall–Kier alpha value is -1.33. The van der Waals surface area contributed by atoms with Crippen LogP contribution in [0.2, 0.25) is 0 Å². The number of aliphatic hydroxyl groups is 1. The zero-order valence-electron chi connectivity index (χ0n) is 18.6. The van der Waals surface area contributed by atoms with Gasteiger partial charge in [0.2, 0.25) is 0 Å². The molecule has 0 saturated carbocycles. The number of aliphatic hydroxyl groups excluding tert-OH is 1. The lowest BCUT2D eigenvalue weighted by atomic mass is 10.00. The zero-order chi connectivity index (χ0) is 23.2. The summed E-state index contributed by atoms with van der Waals surface area (Å²) in [5.41, 5.74) is -0.881. The summed E-state index contributed by atoms with van der Waals surface area (Å²) in [7, 11) is -1.87. The average Bonchev–Trinajstić information content (AvgIpc) is 3.01. The highest BCUT2D eigenvalue weighted by Crippen LogP contribution is 2.51. The number of H-pyrrole nitrogens is 1. The first-order chi connectivity index (χ1) is 14.7.